The zero-order chi connectivity index (χ0) is 18.7. The predicted molar refractivity (Wildman–Crippen MR) is 107 cm³/mol. The van der Waals surface area contributed by atoms with E-state index in [1.54, 1.807) is 18.3 Å². The van der Waals surface area contributed by atoms with Gasteiger partial charge in [0.05, 0.1) is 10.5 Å². The fourth-order valence-corrected chi connectivity index (χ4v) is 3.16. The topological polar surface area (TPSA) is 61.1 Å². The van der Waals surface area contributed by atoms with Crippen molar-refractivity contribution in [2.45, 2.75) is 20.8 Å². The molecule has 0 aliphatic carbocycles. The first-order valence-corrected chi connectivity index (χ1v) is 8.97. The number of fused-ring (bicyclic) bond motifs is 1. The average molecular weight is 369 g/mol. The second kappa shape index (κ2) is 7.70. The van der Waals surface area contributed by atoms with Crippen molar-refractivity contribution in [3.8, 4) is 5.75 Å². The van der Waals surface area contributed by atoms with Crippen LogP contribution >= 0.6 is 11.6 Å². The van der Waals surface area contributed by atoms with Crippen molar-refractivity contribution >= 4 is 39.6 Å². The number of phenolic OH excluding ortho intramolecular Hbond substituents is 1. The smallest absolute Gasteiger partial charge is 0.148 e. The number of phenols is 1. The van der Waals surface area contributed by atoms with Crippen LogP contribution in [0.1, 0.15) is 19.4 Å². The summed E-state index contributed by atoms with van der Waals surface area (Å²) in [6.07, 6.45) is 1.69. The van der Waals surface area contributed by atoms with Crippen molar-refractivity contribution in [1.29, 1.82) is 0 Å². The van der Waals surface area contributed by atoms with Crippen molar-refractivity contribution in [3.63, 3.8) is 0 Å². The van der Waals surface area contributed by atoms with Gasteiger partial charge in [-0.1, -0.05) is 23.7 Å². The van der Waals surface area contributed by atoms with E-state index in [9.17, 15) is 5.11 Å². The Morgan fingerprint density at radius 2 is 1.85 bits per heavy atom. The number of rotatable bonds is 5. The van der Waals surface area contributed by atoms with Gasteiger partial charge in [-0.05, 0) is 45.0 Å². The number of aromatic nitrogens is 1. The molecule has 1 N–H and O–H groups in total. The van der Waals surface area contributed by atoms with Crippen LogP contribution in [0.5, 0.6) is 5.75 Å². The summed E-state index contributed by atoms with van der Waals surface area (Å²) >= 11 is 6.28. The van der Waals surface area contributed by atoms with E-state index in [2.05, 4.69) is 34.0 Å². The third-order valence-electron chi connectivity index (χ3n) is 4.44. The van der Waals surface area contributed by atoms with Crippen LogP contribution in [-0.4, -0.2) is 23.2 Å². The minimum atomic E-state index is 0.127. The van der Waals surface area contributed by atoms with Crippen LogP contribution in [0.15, 0.2) is 52.8 Å². The van der Waals surface area contributed by atoms with E-state index >= 15 is 0 Å². The zero-order valence-corrected chi connectivity index (χ0v) is 15.8. The van der Waals surface area contributed by atoms with Crippen LogP contribution < -0.4 is 4.90 Å². The molecule has 6 heteroatoms. The molecular weight excluding hydrogens is 348 g/mol. The van der Waals surface area contributed by atoms with Gasteiger partial charge in [-0.2, -0.15) is 0 Å². The predicted octanol–water partition coefficient (Wildman–Crippen LogP) is 6.16. The number of azo groups is 1. The highest BCUT2D eigenvalue weighted by Crippen LogP contribution is 2.39. The number of halogens is 1. The van der Waals surface area contributed by atoms with Gasteiger partial charge in [0, 0.05) is 35.9 Å². The third kappa shape index (κ3) is 3.35. The lowest BCUT2D eigenvalue weighted by Crippen LogP contribution is -2.22. The molecule has 0 aliphatic heterocycles. The van der Waals surface area contributed by atoms with Gasteiger partial charge in [0.2, 0.25) is 0 Å². The van der Waals surface area contributed by atoms with Gasteiger partial charge in [0.25, 0.3) is 0 Å². The van der Waals surface area contributed by atoms with Crippen LogP contribution in [0.3, 0.4) is 0 Å². The SMILES string of the molecule is CCN(CC)c1ccc(/N=N/c2c(Cl)ccc3cccnc23)c(O)c1C. The van der Waals surface area contributed by atoms with Gasteiger partial charge in [0.15, 0.2) is 0 Å². The summed E-state index contributed by atoms with van der Waals surface area (Å²) in [5.74, 6) is 0.127. The molecule has 0 fully saturated rings. The second-order valence-electron chi connectivity index (χ2n) is 5.92. The molecule has 1 heterocycles. The van der Waals surface area contributed by atoms with E-state index in [1.165, 1.54) is 0 Å². The van der Waals surface area contributed by atoms with Gasteiger partial charge in [-0.3, -0.25) is 4.98 Å². The summed E-state index contributed by atoms with van der Waals surface area (Å²) in [4.78, 5) is 6.53. The Bertz CT molecular complexity index is 967. The first-order chi connectivity index (χ1) is 12.6. The standard InChI is InChI=1S/C20H21ClN4O/c1-4-25(5-2)17-11-10-16(20(26)13(17)3)23-24-19-15(21)9-8-14-7-6-12-22-18(14)19/h6-12,26H,4-5H2,1-3H3/b24-23+. The number of benzene rings is 2. The molecule has 0 aliphatic rings. The first kappa shape index (κ1) is 18.1. The third-order valence-corrected chi connectivity index (χ3v) is 4.75. The van der Waals surface area contributed by atoms with Gasteiger partial charge >= 0.3 is 0 Å². The molecule has 0 saturated heterocycles. The molecule has 0 amide bonds. The number of anilines is 1. The molecule has 0 saturated carbocycles. The summed E-state index contributed by atoms with van der Waals surface area (Å²) in [6.45, 7) is 7.80. The number of hydrogen-bond donors (Lipinski definition) is 1. The Kier molecular flexibility index (Phi) is 5.38. The first-order valence-electron chi connectivity index (χ1n) is 8.59. The maximum absolute atomic E-state index is 10.5. The molecule has 0 bridgehead atoms. The van der Waals surface area contributed by atoms with Gasteiger partial charge in [-0.15, -0.1) is 10.2 Å². The number of aromatic hydroxyl groups is 1. The summed E-state index contributed by atoms with van der Waals surface area (Å²) in [6, 6.07) is 11.2. The van der Waals surface area contributed by atoms with Crippen LogP contribution in [0.2, 0.25) is 5.02 Å². The normalized spacial score (nSPS) is 11.4. The molecule has 0 spiro atoms. The van der Waals surface area contributed by atoms with Crippen molar-refractivity contribution in [1.82, 2.24) is 4.98 Å². The highest BCUT2D eigenvalue weighted by atomic mass is 35.5. The van der Waals surface area contributed by atoms with E-state index in [1.807, 2.05) is 31.2 Å². The highest BCUT2D eigenvalue weighted by Gasteiger charge is 2.13. The molecule has 0 radical (unpaired) electrons. The van der Waals surface area contributed by atoms with Crippen LogP contribution in [0.4, 0.5) is 17.1 Å². The Labute approximate surface area is 158 Å². The van der Waals surface area contributed by atoms with Gasteiger partial charge in [0.1, 0.15) is 17.1 Å². The van der Waals surface area contributed by atoms with E-state index in [-0.39, 0.29) is 5.75 Å². The van der Waals surface area contributed by atoms with Crippen molar-refractivity contribution in [2.24, 2.45) is 10.2 Å². The van der Waals surface area contributed by atoms with Gasteiger partial charge < -0.3 is 10.0 Å². The molecule has 1 aromatic heterocycles. The lowest BCUT2D eigenvalue weighted by Gasteiger charge is -2.23. The fraction of sp³-hybridized carbons (Fsp3) is 0.250. The minimum absolute atomic E-state index is 0.127. The second-order valence-corrected chi connectivity index (χ2v) is 6.33. The Balaban J connectivity index is 2.02. The lowest BCUT2D eigenvalue weighted by atomic mass is 10.1. The Morgan fingerprint density at radius 1 is 1.08 bits per heavy atom. The van der Waals surface area contributed by atoms with E-state index < -0.39 is 0 Å². The molecule has 134 valence electrons. The molecular formula is C20H21ClN4O. The summed E-state index contributed by atoms with van der Waals surface area (Å²) in [5, 5.41) is 20.5. The number of nitrogens with zero attached hydrogens (tertiary/aromatic N) is 4. The molecule has 3 aromatic rings. The molecule has 0 atom stereocenters. The van der Waals surface area contributed by atoms with Crippen molar-refractivity contribution in [3.05, 3.63) is 53.2 Å². The van der Waals surface area contributed by atoms with E-state index in [0.29, 0.717) is 21.9 Å². The minimum Gasteiger partial charge on any atom is -0.505 e. The van der Waals surface area contributed by atoms with E-state index in [0.717, 1.165) is 29.7 Å². The Hall–Kier alpha value is -2.66. The van der Waals surface area contributed by atoms with Crippen molar-refractivity contribution in [2.75, 3.05) is 18.0 Å². The maximum Gasteiger partial charge on any atom is 0.148 e. The molecule has 26 heavy (non-hydrogen) atoms. The maximum atomic E-state index is 10.5. The quantitative estimate of drug-likeness (QED) is 0.548. The molecule has 3 rings (SSSR count). The van der Waals surface area contributed by atoms with Gasteiger partial charge in [-0.25, -0.2) is 0 Å². The molecule has 2 aromatic carbocycles. The number of pyridine rings is 1. The van der Waals surface area contributed by atoms with Crippen LogP contribution in [-0.2, 0) is 0 Å². The average Bonchev–Trinajstić information content (AvgIpc) is 2.66. The lowest BCUT2D eigenvalue weighted by molar-refractivity contribution is 0.472. The molecule has 0 unspecified atom stereocenters. The number of hydrogen-bond acceptors (Lipinski definition) is 5. The summed E-state index contributed by atoms with van der Waals surface area (Å²) in [7, 11) is 0. The largest absolute Gasteiger partial charge is 0.505 e. The fourth-order valence-electron chi connectivity index (χ4n) is 2.97. The van der Waals surface area contributed by atoms with Crippen molar-refractivity contribution < 1.29 is 5.11 Å². The van der Waals surface area contributed by atoms with E-state index in [4.69, 9.17) is 11.6 Å². The van der Waals surface area contributed by atoms with Crippen LogP contribution in [0.25, 0.3) is 10.9 Å². The van der Waals surface area contributed by atoms with Crippen LogP contribution in [0, 0.1) is 6.92 Å². The monoisotopic (exact) mass is 368 g/mol. The summed E-state index contributed by atoms with van der Waals surface area (Å²) in [5.41, 5.74) is 3.36. The zero-order valence-electron chi connectivity index (χ0n) is 15.1. The summed E-state index contributed by atoms with van der Waals surface area (Å²) < 4.78 is 0. The Morgan fingerprint density at radius 3 is 2.58 bits per heavy atom. The highest BCUT2D eigenvalue weighted by molar-refractivity contribution is 6.34. The molecule has 5 nitrogen and oxygen atoms in total.